The van der Waals surface area contributed by atoms with Gasteiger partial charge in [0.2, 0.25) is 0 Å². The molecule has 14 heavy (non-hydrogen) atoms. The van der Waals surface area contributed by atoms with Gasteiger partial charge < -0.3 is 5.11 Å². The third kappa shape index (κ3) is 1.37. The first-order chi connectivity index (χ1) is 6.61. The lowest BCUT2D eigenvalue weighted by Gasteiger charge is -2.07. The van der Waals surface area contributed by atoms with E-state index in [9.17, 15) is 4.79 Å². The van der Waals surface area contributed by atoms with Crippen molar-refractivity contribution >= 4 is 29.2 Å². The van der Waals surface area contributed by atoms with Gasteiger partial charge in [-0.25, -0.2) is 9.78 Å². The predicted octanol–water partition coefficient (Wildman–Crippen LogP) is 2.58. The maximum absolute atomic E-state index is 10.9. The summed E-state index contributed by atoms with van der Waals surface area (Å²) < 4.78 is 0. The van der Waals surface area contributed by atoms with E-state index in [1.165, 1.54) is 0 Å². The number of nitrogens with zero attached hydrogens (tertiary/aromatic N) is 1. The van der Waals surface area contributed by atoms with Crippen LogP contribution in [-0.4, -0.2) is 16.1 Å². The lowest BCUT2D eigenvalue weighted by molar-refractivity contribution is 0.0695. The summed E-state index contributed by atoms with van der Waals surface area (Å²) in [5.41, 5.74) is 1.71. The van der Waals surface area contributed by atoms with E-state index in [0.717, 1.165) is 30.4 Å². The Morgan fingerprint density at radius 1 is 1.21 bits per heavy atom. The average molecular weight is 232 g/mol. The van der Waals surface area contributed by atoms with Gasteiger partial charge in [-0.3, -0.25) is 0 Å². The molecule has 1 aliphatic rings. The van der Waals surface area contributed by atoms with E-state index in [-0.39, 0.29) is 10.7 Å². The first kappa shape index (κ1) is 9.74. The van der Waals surface area contributed by atoms with Crippen molar-refractivity contribution in [2.75, 3.05) is 0 Å². The molecule has 0 aromatic carbocycles. The summed E-state index contributed by atoms with van der Waals surface area (Å²) in [4.78, 5) is 14.7. The topological polar surface area (TPSA) is 50.2 Å². The molecule has 0 radical (unpaired) electrons. The maximum Gasteiger partial charge on any atom is 0.339 e. The number of halogens is 2. The van der Waals surface area contributed by atoms with Gasteiger partial charge in [0.15, 0.2) is 0 Å². The summed E-state index contributed by atoms with van der Waals surface area (Å²) in [6.07, 6.45) is 2.43. The summed E-state index contributed by atoms with van der Waals surface area (Å²) in [7, 11) is 0. The molecule has 0 saturated carbocycles. The third-order valence-electron chi connectivity index (χ3n) is 2.39. The van der Waals surface area contributed by atoms with Crippen molar-refractivity contribution < 1.29 is 9.90 Å². The first-order valence-corrected chi connectivity index (χ1v) is 4.97. The van der Waals surface area contributed by atoms with E-state index in [4.69, 9.17) is 28.3 Å². The first-order valence-electron chi connectivity index (χ1n) is 4.21. The minimum absolute atomic E-state index is 0.0110. The number of rotatable bonds is 1. The van der Waals surface area contributed by atoms with E-state index in [1.54, 1.807) is 0 Å². The molecule has 0 aliphatic heterocycles. The molecule has 1 N–H and O–H groups in total. The number of hydrogen-bond acceptors (Lipinski definition) is 2. The van der Waals surface area contributed by atoms with Crippen LogP contribution >= 0.6 is 23.2 Å². The number of carboxylic acid groups (broad SMARTS) is 1. The molecule has 0 spiro atoms. The normalized spacial score (nSPS) is 14.1. The summed E-state index contributed by atoms with van der Waals surface area (Å²) in [6, 6.07) is 0. The van der Waals surface area contributed by atoms with Crippen molar-refractivity contribution in [3.05, 3.63) is 27.0 Å². The number of carboxylic acids is 1. The van der Waals surface area contributed by atoms with Crippen LogP contribution < -0.4 is 0 Å². The van der Waals surface area contributed by atoms with Gasteiger partial charge in [0.1, 0.15) is 15.9 Å². The van der Waals surface area contributed by atoms with Gasteiger partial charge in [0, 0.05) is 0 Å². The molecule has 3 nitrogen and oxygen atoms in total. The van der Waals surface area contributed by atoms with Crippen molar-refractivity contribution in [2.45, 2.75) is 19.3 Å². The second-order valence-electron chi connectivity index (χ2n) is 3.18. The molecule has 0 fully saturated rings. The second-order valence-corrected chi connectivity index (χ2v) is 3.90. The lowest BCUT2D eigenvalue weighted by atomic mass is 10.1. The van der Waals surface area contributed by atoms with Crippen LogP contribution in [0, 0.1) is 0 Å². The SMILES string of the molecule is O=C(O)c1c(Cl)nc(Cl)c2c1CCC2. The van der Waals surface area contributed by atoms with E-state index in [2.05, 4.69) is 4.98 Å². The Bertz CT molecular complexity index is 418. The molecule has 1 aliphatic carbocycles. The van der Waals surface area contributed by atoms with Gasteiger partial charge in [0.05, 0.1) is 0 Å². The fourth-order valence-electron chi connectivity index (χ4n) is 1.80. The quantitative estimate of drug-likeness (QED) is 0.757. The number of aromatic carboxylic acids is 1. The highest BCUT2D eigenvalue weighted by atomic mass is 35.5. The lowest BCUT2D eigenvalue weighted by Crippen LogP contribution is -2.05. The molecule has 0 unspecified atom stereocenters. The highest BCUT2D eigenvalue weighted by Crippen LogP contribution is 2.33. The minimum atomic E-state index is -1.03. The summed E-state index contributed by atoms with van der Waals surface area (Å²) >= 11 is 11.6. The molecule has 1 aromatic rings. The molecule has 2 rings (SSSR count). The molecule has 1 aromatic heterocycles. The number of fused-ring (bicyclic) bond motifs is 1. The van der Waals surface area contributed by atoms with Gasteiger partial charge in [0.25, 0.3) is 0 Å². The molecular formula is C9H7Cl2NO2. The smallest absolute Gasteiger partial charge is 0.339 e. The van der Waals surface area contributed by atoms with Crippen molar-refractivity contribution in [1.82, 2.24) is 4.98 Å². The fourth-order valence-corrected chi connectivity index (χ4v) is 2.41. The van der Waals surface area contributed by atoms with Crippen molar-refractivity contribution in [3.63, 3.8) is 0 Å². The number of hydrogen-bond donors (Lipinski definition) is 1. The van der Waals surface area contributed by atoms with Gasteiger partial charge in [-0.2, -0.15) is 0 Å². The minimum Gasteiger partial charge on any atom is -0.478 e. The molecule has 0 amide bonds. The highest BCUT2D eigenvalue weighted by Gasteiger charge is 2.25. The van der Waals surface area contributed by atoms with Crippen molar-refractivity contribution in [2.24, 2.45) is 0 Å². The Morgan fingerprint density at radius 3 is 2.50 bits per heavy atom. The van der Waals surface area contributed by atoms with Crippen LogP contribution in [0.15, 0.2) is 0 Å². The van der Waals surface area contributed by atoms with Gasteiger partial charge in [-0.15, -0.1) is 0 Å². The number of aromatic nitrogens is 1. The second kappa shape index (κ2) is 3.41. The zero-order valence-corrected chi connectivity index (χ0v) is 8.69. The Hall–Kier alpha value is -0.800. The molecule has 0 bridgehead atoms. The zero-order chi connectivity index (χ0) is 10.3. The van der Waals surface area contributed by atoms with Crippen LogP contribution in [0.4, 0.5) is 0 Å². The molecule has 5 heteroatoms. The van der Waals surface area contributed by atoms with Crippen LogP contribution in [0.25, 0.3) is 0 Å². The van der Waals surface area contributed by atoms with E-state index < -0.39 is 5.97 Å². The summed E-state index contributed by atoms with van der Waals surface area (Å²) in [5, 5.41) is 9.28. The van der Waals surface area contributed by atoms with Crippen LogP contribution in [0.1, 0.15) is 27.9 Å². The van der Waals surface area contributed by atoms with Crippen LogP contribution in [-0.2, 0) is 12.8 Å². The Morgan fingerprint density at radius 2 is 1.86 bits per heavy atom. The van der Waals surface area contributed by atoms with E-state index in [1.807, 2.05) is 0 Å². The highest BCUT2D eigenvalue weighted by molar-refractivity contribution is 6.35. The molecule has 1 heterocycles. The Balaban J connectivity index is 2.72. The summed E-state index contributed by atoms with van der Waals surface area (Å²) in [5.74, 6) is -1.03. The summed E-state index contributed by atoms with van der Waals surface area (Å²) in [6.45, 7) is 0. The van der Waals surface area contributed by atoms with E-state index >= 15 is 0 Å². The van der Waals surface area contributed by atoms with E-state index in [0.29, 0.717) is 5.15 Å². The molecule has 0 saturated heterocycles. The predicted molar refractivity (Wildman–Crippen MR) is 53.2 cm³/mol. The van der Waals surface area contributed by atoms with Gasteiger partial charge >= 0.3 is 5.97 Å². The average Bonchev–Trinajstić information content (AvgIpc) is 2.51. The van der Waals surface area contributed by atoms with Crippen molar-refractivity contribution in [1.29, 1.82) is 0 Å². The van der Waals surface area contributed by atoms with Gasteiger partial charge in [-0.1, -0.05) is 23.2 Å². The molecule has 0 atom stereocenters. The fraction of sp³-hybridized carbons (Fsp3) is 0.333. The largest absolute Gasteiger partial charge is 0.478 e. The Labute approximate surface area is 90.7 Å². The maximum atomic E-state index is 10.9. The monoisotopic (exact) mass is 231 g/mol. The zero-order valence-electron chi connectivity index (χ0n) is 7.18. The molecular weight excluding hydrogens is 225 g/mol. The number of carbonyl (C=O) groups is 1. The van der Waals surface area contributed by atoms with Crippen molar-refractivity contribution in [3.8, 4) is 0 Å². The van der Waals surface area contributed by atoms with Crippen LogP contribution in [0.3, 0.4) is 0 Å². The standard InChI is InChI=1S/C9H7Cl2NO2/c10-7-5-3-1-2-4(5)6(9(13)14)8(11)12-7/h1-3H2,(H,13,14). The van der Waals surface area contributed by atoms with Gasteiger partial charge in [-0.05, 0) is 30.4 Å². The Kier molecular flexibility index (Phi) is 2.37. The number of pyridine rings is 1. The third-order valence-corrected chi connectivity index (χ3v) is 2.97. The van der Waals surface area contributed by atoms with Crippen LogP contribution in [0.5, 0.6) is 0 Å². The van der Waals surface area contributed by atoms with Crippen LogP contribution in [0.2, 0.25) is 10.3 Å². The molecule has 74 valence electrons.